The van der Waals surface area contributed by atoms with Crippen LogP contribution in [0.1, 0.15) is 55.3 Å². The molecule has 0 unspecified atom stereocenters. The lowest BCUT2D eigenvalue weighted by Gasteiger charge is -2.30. The van der Waals surface area contributed by atoms with E-state index < -0.39 is 0 Å². The van der Waals surface area contributed by atoms with E-state index in [9.17, 15) is 4.79 Å². The van der Waals surface area contributed by atoms with E-state index in [1.165, 1.54) is 24.1 Å². The van der Waals surface area contributed by atoms with Gasteiger partial charge in [-0.2, -0.15) is 4.98 Å². The maximum absolute atomic E-state index is 12.0. The second-order valence-electron chi connectivity index (χ2n) is 9.20. The lowest BCUT2D eigenvalue weighted by atomic mass is 9.86. The molecular weight excluding hydrogens is 402 g/mol. The van der Waals surface area contributed by atoms with Crippen LogP contribution >= 0.6 is 0 Å². The zero-order valence-electron chi connectivity index (χ0n) is 19.3. The molecule has 1 amide bonds. The standard InChI is InChI=1S/C25H35N5O2/c1-30(2)23-21-10-6-7-11-22(21)28-24(29-23)27-20-14-12-18(13-15-20)16-26-25(31)32-17-19-8-4-3-5-9-19/h3-5,8-9,18,20H,6-7,10-17H2,1-2H3,(H,26,31)(H,27,28,29). The van der Waals surface area contributed by atoms with E-state index in [2.05, 4.69) is 29.6 Å². The molecule has 0 spiro atoms. The highest BCUT2D eigenvalue weighted by Crippen LogP contribution is 2.30. The Balaban J connectivity index is 1.22. The van der Waals surface area contributed by atoms with Crippen molar-refractivity contribution >= 4 is 17.9 Å². The molecule has 0 bridgehead atoms. The summed E-state index contributed by atoms with van der Waals surface area (Å²) in [5, 5.41) is 6.52. The summed E-state index contributed by atoms with van der Waals surface area (Å²) in [6.07, 6.45) is 8.48. The molecular formula is C25H35N5O2. The minimum Gasteiger partial charge on any atom is -0.445 e. The Bertz CT molecular complexity index is 895. The van der Waals surface area contributed by atoms with Gasteiger partial charge in [0.2, 0.25) is 5.95 Å². The van der Waals surface area contributed by atoms with Crippen LogP contribution in [0.5, 0.6) is 0 Å². The van der Waals surface area contributed by atoms with Crippen LogP contribution in [0.25, 0.3) is 0 Å². The zero-order valence-corrected chi connectivity index (χ0v) is 19.3. The van der Waals surface area contributed by atoms with E-state index >= 15 is 0 Å². The van der Waals surface area contributed by atoms with Crippen LogP contribution in [0.15, 0.2) is 30.3 Å². The van der Waals surface area contributed by atoms with Crippen LogP contribution in [0.2, 0.25) is 0 Å². The number of carbonyl (C=O) groups is 1. The van der Waals surface area contributed by atoms with Crippen LogP contribution in [0, 0.1) is 5.92 Å². The number of anilines is 2. The summed E-state index contributed by atoms with van der Waals surface area (Å²) in [6, 6.07) is 10.1. The van der Waals surface area contributed by atoms with Crippen molar-refractivity contribution < 1.29 is 9.53 Å². The van der Waals surface area contributed by atoms with Gasteiger partial charge in [-0.25, -0.2) is 9.78 Å². The minimum atomic E-state index is -0.340. The summed E-state index contributed by atoms with van der Waals surface area (Å²) in [7, 11) is 4.12. The third-order valence-electron chi connectivity index (χ3n) is 6.51. The Morgan fingerprint density at radius 2 is 1.81 bits per heavy atom. The largest absolute Gasteiger partial charge is 0.445 e. The number of carbonyl (C=O) groups excluding carboxylic acids is 1. The lowest BCUT2D eigenvalue weighted by molar-refractivity contribution is 0.136. The average molecular weight is 438 g/mol. The van der Waals surface area contributed by atoms with Crippen molar-refractivity contribution in [3.05, 3.63) is 47.2 Å². The predicted molar refractivity (Wildman–Crippen MR) is 127 cm³/mol. The number of aryl methyl sites for hydroxylation is 1. The Kier molecular flexibility index (Phi) is 7.45. The molecule has 1 aromatic heterocycles. The van der Waals surface area contributed by atoms with Crippen molar-refractivity contribution in [2.75, 3.05) is 30.9 Å². The second-order valence-corrected chi connectivity index (χ2v) is 9.20. The summed E-state index contributed by atoms with van der Waals surface area (Å²) in [6.45, 7) is 0.972. The zero-order chi connectivity index (χ0) is 22.3. The van der Waals surface area contributed by atoms with Crippen LogP contribution in [0.4, 0.5) is 16.6 Å². The van der Waals surface area contributed by atoms with Gasteiger partial charge in [0.05, 0.1) is 5.69 Å². The molecule has 0 atom stereocenters. The minimum absolute atomic E-state index is 0.305. The number of amides is 1. The number of hydrogen-bond acceptors (Lipinski definition) is 6. The summed E-state index contributed by atoms with van der Waals surface area (Å²) < 4.78 is 5.31. The molecule has 32 heavy (non-hydrogen) atoms. The summed E-state index contributed by atoms with van der Waals surface area (Å²) in [5.74, 6) is 2.31. The van der Waals surface area contributed by atoms with Gasteiger partial charge >= 0.3 is 6.09 Å². The molecule has 1 heterocycles. The number of hydrogen-bond donors (Lipinski definition) is 2. The van der Waals surface area contributed by atoms with Gasteiger partial charge in [0.25, 0.3) is 0 Å². The maximum Gasteiger partial charge on any atom is 0.407 e. The van der Waals surface area contributed by atoms with Crippen LogP contribution in [0.3, 0.4) is 0 Å². The van der Waals surface area contributed by atoms with E-state index in [0.717, 1.165) is 55.9 Å². The summed E-state index contributed by atoms with van der Waals surface area (Å²) in [4.78, 5) is 23.8. The molecule has 172 valence electrons. The van der Waals surface area contributed by atoms with Gasteiger partial charge in [-0.15, -0.1) is 0 Å². The van der Waals surface area contributed by atoms with Gasteiger partial charge in [0.15, 0.2) is 0 Å². The van der Waals surface area contributed by atoms with Gasteiger partial charge < -0.3 is 20.3 Å². The molecule has 2 aromatic rings. The quantitative estimate of drug-likeness (QED) is 0.672. The first-order valence-electron chi connectivity index (χ1n) is 11.9. The highest BCUT2D eigenvalue weighted by Gasteiger charge is 2.24. The van der Waals surface area contributed by atoms with Crippen molar-refractivity contribution in [3.63, 3.8) is 0 Å². The second kappa shape index (κ2) is 10.7. The predicted octanol–water partition coefficient (Wildman–Crippen LogP) is 4.32. The Morgan fingerprint density at radius 1 is 1.06 bits per heavy atom. The number of ether oxygens (including phenoxy) is 1. The molecule has 2 N–H and O–H groups in total. The topological polar surface area (TPSA) is 79.4 Å². The SMILES string of the molecule is CN(C)c1nc(NC2CCC(CNC(=O)OCc3ccccc3)CC2)nc2c1CCCC2. The van der Waals surface area contributed by atoms with Gasteiger partial charge in [-0.1, -0.05) is 30.3 Å². The maximum atomic E-state index is 12.0. The third kappa shape index (κ3) is 5.90. The highest BCUT2D eigenvalue weighted by molar-refractivity contribution is 5.67. The number of rotatable bonds is 7. The van der Waals surface area contributed by atoms with Crippen LogP contribution in [-0.2, 0) is 24.2 Å². The first-order chi connectivity index (χ1) is 15.6. The molecule has 0 saturated heterocycles. The number of fused-ring (bicyclic) bond motifs is 1. The molecule has 7 heteroatoms. The molecule has 0 aliphatic heterocycles. The fraction of sp³-hybridized carbons (Fsp3) is 0.560. The lowest BCUT2D eigenvalue weighted by Crippen LogP contribution is -2.34. The molecule has 7 nitrogen and oxygen atoms in total. The fourth-order valence-corrected chi connectivity index (χ4v) is 4.70. The fourth-order valence-electron chi connectivity index (χ4n) is 4.70. The van der Waals surface area contributed by atoms with Crippen LogP contribution < -0.4 is 15.5 Å². The smallest absolute Gasteiger partial charge is 0.407 e. The van der Waals surface area contributed by atoms with Crippen molar-refractivity contribution in [2.45, 2.75) is 64.0 Å². The Hall–Kier alpha value is -2.83. The molecule has 2 aliphatic rings. The van der Waals surface area contributed by atoms with Gasteiger partial charge in [-0.3, -0.25) is 0 Å². The van der Waals surface area contributed by atoms with E-state index in [1.54, 1.807) is 0 Å². The number of alkyl carbamates (subject to hydrolysis) is 1. The van der Waals surface area contributed by atoms with Crippen molar-refractivity contribution in [1.82, 2.24) is 15.3 Å². The summed E-state index contributed by atoms with van der Waals surface area (Å²) in [5.41, 5.74) is 3.53. The monoisotopic (exact) mass is 437 g/mol. The number of benzene rings is 1. The average Bonchev–Trinajstić information content (AvgIpc) is 2.82. The highest BCUT2D eigenvalue weighted by atomic mass is 16.5. The summed E-state index contributed by atoms with van der Waals surface area (Å²) >= 11 is 0. The number of aromatic nitrogens is 2. The van der Waals surface area contributed by atoms with E-state index in [-0.39, 0.29) is 6.09 Å². The van der Waals surface area contributed by atoms with Crippen molar-refractivity contribution in [3.8, 4) is 0 Å². The van der Waals surface area contributed by atoms with Crippen molar-refractivity contribution in [1.29, 1.82) is 0 Å². The van der Waals surface area contributed by atoms with Gasteiger partial charge in [-0.05, 0) is 62.8 Å². The Labute approximate surface area is 191 Å². The number of nitrogens with zero attached hydrogens (tertiary/aromatic N) is 3. The molecule has 1 fully saturated rings. The van der Waals surface area contributed by atoms with Gasteiger partial charge in [0.1, 0.15) is 12.4 Å². The molecule has 0 radical (unpaired) electrons. The van der Waals surface area contributed by atoms with E-state index in [0.29, 0.717) is 25.1 Å². The van der Waals surface area contributed by atoms with E-state index in [1.807, 2.05) is 30.3 Å². The van der Waals surface area contributed by atoms with Gasteiger partial charge in [0, 0.05) is 32.2 Å². The van der Waals surface area contributed by atoms with Crippen LogP contribution in [-0.4, -0.2) is 42.7 Å². The molecule has 2 aliphatic carbocycles. The number of nitrogens with one attached hydrogen (secondary N) is 2. The van der Waals surface area contributed by atoms with Crippen molar-refractivity contribution in [2.24, 2.45) is 5.92 Å². The van der Waals surface area contributed by atoms with E-state index in [4.69, 9.17) is 14.7 Å². The molecule has 1 aromatic carbocycles. The third-order valence-corrected chi connectivity index (χ3v) is 6.51. The first kappa shape index (κ1) is 22.4. The molecule has 4 rings (SSSR count). The molecule has 1 saturated carbocycles. The first-order valence-corrected chi connectivity index (χ1v) is 11.9. The Morgan fingerprint density at radius 3 is 2.56 bits per heavy atom. The normalized spacial score (nSPS) is 20.2.